The molecule has 7 heteroatoms. The van der Waals surface area contributed by atoms with E-state index in [9.17, 15) is 9.59 Å². The molecule has 1 heterocycles. The summed E-state index contributed by atoms with van der Waals surface area (Å²) in [6.45, 7) is 1.97. The highest BCUT2D eigenvalue weighted by Crippen LogP contribution is 2.29. The Morgan fingerprint density at radius 1 is 1.14 bits per heavy atom. The van der Waals surface area contributed by atoms with Crippen molar-refractivity contribution in [2.75, 3.05) is 10.6 Å². The lowest BCUT2D eigenvalue weighted by molar-refractivity contribution is -0.116. The van der Waals surface area contributed by atoms with Crippen LogP contribution in [0.3, 0.4) is 0 Å². The van der Waals surface area contributed by atoms with Crippen LogP contribution < -0.4 is 16.2 Å². The molecule has 2 N–H and O–H groups in total. The molecular weight excluding hydrogens is 442 g/mol. The number of benzene rings is 2. The minimum atomic E-state index is -0.311. The van der Waals surface area contributed by atoms with Gasteiger partial charge in [-0.25, -0.2) is 0 Å². The average Bonchev–Trinajstić information content (AvgIpc) is 2.67. The molecule has 3 rings (SSSR count). The lowest BCUT2D eigenvalue weighted by Crippen LogP contribution is -2.26. The number of hydrogen-bond acceptors (Lipinski definition) is 3. The minimum absolute atomic E-state index is 0.0824. The largest absolute Gasteiger partial charge is 0.377 e. The molecule has 5 nitrogen and oxygen atoms in total. The monoisotopic (exact) mass is 459 g/mol. The van der Waals surface area contributed by atoms with E-state index in [1.807, 2.05) is 36.4 Å². The summed E-state index contributed by atoms with van der Waals surface area (Å²) in [5.41, 5.74) is 2.25. The van der Waals surface area contributed by atoms with Crippen LogP contribution in [0.4, 0.5) is 11.4 Å². The second-order valence-electron chi connectivity index (χ2n) is 6.33. The number of hydrogen-bond donors (Lipinski definition) is 2. The van der Waals surface area contributed by atoms with Gasteiger partial charge < -0.3 is 15.2 Å². The zero-order valence-electron chi connectivity index (χ0n) is 15.2. The van der Waals surface area contributed by atoms with Crippen LogP contribution in [0.25, 0.3) is 0 Å². The van der Waals surface area contributed by atoms with E-state index >= 15 is 0 Å². The van der Waals surface area contributed by atoms with E-state index in [4.69, 9.17) is 11.6 Å². The number of nitrogens with one attached hydrogen (secondary N) is 2. The molecule has 144 valence electrons. The molecule has 2 aromatic carbocycles. The predicted molar refractivity (Wildman–Crippen MR) is 117 cm³/mol. The third kappa shape index (κ3) is 5.24. The highest BCUT2D eigenvalue weighted by atomic mass is 79.9. The molecule has 3 aromatic rings. The van der Waals surface area contributed by atoms with E-state index in [0.717, 1.165) is 15.7 Å². The van der Waals surface area contributed by atoms with Crippen LogP contribution in [-0.4, -0.2) is 10.5 Å². The number of halogens is 2. The number of aromatic nitrogens is 1. The maximum atomic E-state index is 12.3. The third-order valence-electron chi connectivity index (χ3n) is 4.19. The molecule has 28 heavy (non-hydrogen) atoms. The van der Waals surface area contributed by atoms with Crippen molar-refractivity contribution in [1.29, 1.82) is 0 Å². The van der Waals surface area contributed by atoms with Gasteiger partial charge in [-0.3, -0.25) is 9.59 Å². The molecule has 1 atom stereocenters. The molecule has 0 spiro atoms. The van der Waals surface area contributed by atoms with Gasteiger partial charge in [0, 0.05) is 28.5 Å². The fourth-order valence-electron chi connectivity index (χ4n) is 2.75. The van der Waals surface area contributed by atoms with Crippen LogP contribution in [0, 0.1) is 0 Å². The van der Waals surface area contributed by atoms with Crippen LogP contribution in [0.1, 0.15) is 18.5 Å². The van der Waals surface area contributed by atoms with E-state index < -0.39 is 0 Å². The summed E-state index contributed by atoms with van der Waals surface area (Å²) in [5.74, 6) is -0.311. The Morgan fingerprint density at radius 2 is 1.89 bits per heavy atom. The van der Waals surface area contributed by atoms with Gasteiger partial charge in [-0.1, -0.05) is 41.9 Å². The van der Waals surface area contributed by atoms with Gasteiger partial charge in [0.2, 0.25) is 5.91 Å². The SMILES string of the molecule is CC(Nc1ccc(NC(=O)Cn2cc(Br)ccc2=O)cc1Cl)c1ccccc1. The topological polar surface area (TPSA) is 63.1 Å². The van der Waals surface area contributed by atoms with Crippen molar-refractivity contribution in [3.63, 3.8) is 0 Å². The molecule has 0 aliphatic heterocycles. The van der Waals surface area contributed by atoms with E-state index in [2.05, 4.69) is 33.5 Å². The van der Waals surface area contributed by atoms with Gasteiger partial charge in [0.25, 0.3) is 5.56 Å². The van der Waals surface area contributed by atoms with Crippen LogP contribution in [0.5, 0.6) is 0 Å². The van der Waals surface area contributed by atoms with Crippen molar-refractivity contribution in [2.45, 2.75) is 19.5 Å². The van der Waals surface area contributed by atoms with Gasteiger partial charge in [0.05, 0.1) is 10.7 Å². The van der Waals surface area contributed by atoms with Gasteiger partial charge in [0.15, 0.2) is 0 Å². The first-order valence-electron chi connectivity index (χ1n) is 8.69. The first-order valence-corrected chi connectivity index (χ1v) is 9.86. The standard InChI is InChI=1S/C21H19BrClN3O2/c1-14(15-5-3-2-4-6-15)24-19-9-8-17(11-18(19)23)25-20(27)13-26-12-16(22)7-10-21(26)28/h2-12,14,24H,13H2,1H3,(H,25,27). The Bertz CT molecular complexity index is 1040. The van der Waals surface area contributed by atoms with Gasteiger partial charge in [-0.2, -0.15) is 0 Å². The van der Waals surface area contributed by atoms with E-state index in [1.165, 1.54) is 10.6 Å². The minimum Gasteiger partial charge on any atom is -0.377 e. The Balaban J connectivity index is 1.66. The second-order valence-corrected chi connectivity index (χ2v) is 7.66. The van der Waals surface area contributed by atoms with Crippen LogP contribution >= 0.6 is 27.5 Å². The van der Waals surface area contributed by atoms with Crippen LogP contribution in [-0.2, 0) is 11.3 Å². The summed E-state index contributed by atoms with van der Waals surface area (Å²) in [6, 6.07) is 18.5. The Labute approximate surface area is 176 Å². The summed E-state index contributed by atoms with van der Waals surface area (Å²) in [4.78, 5) is 24.1. The summed E-state index contributed by atoms with van der Waals surface area (Å²) >= 11 is 9.67. The van der Waals surface area contributed by atoms with Gasteiger partial charge >= 0.3 is 0 Å². The van der Waals surface area contributed by atoms with Crippen LogP contribution in [0.2, 0.25) is 5.02 Å². The molecule has 0 aliphatic rings. The summed E-state index contributed by atoms with van der Waals surface area (Å²) in [6.07, 6.45) is 1.58. The third-order valence-corrected chi connectivity index (χ3v) is 4.97. The summed E-state index contributed by atoms with van der Waals surface area (Å²) in [5, 5.41) is 6.63. The summed E-state index contributed by atoms with van der Waals surface area (Å²) < 4.78 is 2.06. The first kappa shape index (κ1) is 20.2. The molecule has 0 radical (unpaired) electrons. The molecule has 1 amide bonds. The van der Waals surface area contributed by atoms with Crippen molar-refractivity contribution in [3.8, 4) is 0 Å². The number of anilines is 2. The van der Waals surface area contributed by atoms with Gasteiger partial charge in [0.1, 0.15) is 6.54 Å². The zero-order chi connectivity index (χ0) is 20.1. The molecule has 1 aromatic heterocycles. The average molecular weight is 461 g/mol. The van der Waals surface area contributed by atoms with E-state index in [-0.39, 0.29) is 24.1 Å². The lowest BCUT2D eigenvalue weighted by atomic mass is 10.1. The quantitative estimate of drug-likeness (QED) is 0.539. The Hall–Kier alpha value is -2.57. The number of pyridine rings is 1. The molecule has 0 saturated heterocycles. The van der Waals surface area contributed by atoms with E-state index in [1.54, 1.807) is 24.4 Å². The highest BCUT2D eigenvalue weighted by molar-refractivity contribution is 9.10. The molecule has 0 saturated carbocycles. The second kappa shape index (κ2) is 9.08. The van der Waals surface area contributed by atoms with Crippen molar-refractivity contribution in [1.82, 2.24) is 4.57 Å². The Kier molecular flexibility index (Phi) is 6.54. The molecule has 0 bridgehead atoms. The maximum absolute atomic E-state index is 12.3. The smallest absolute Gasteiger partial charge is 0.251 e. The first-order chi connectivity index (χ1) is 13.4. The van der Waals surface area contributed by atoms with Gasteiger partial charge in [-0.15, -0.1) is 0 Å². The fraction of sp³-hybridized carbons (Fsp3) is 0.143. The lowest BCUT2D eigenvalue weighted by Gasteiger charge is -2.17. The van der Waals surface area contributed by atoms with Gasteiger partial charge in [-0.05, 0) is 52.7 Å². The van der Waals surface area contributed by atoms with Crippen molar-refractivity contribution in [2.24, 2.45) is 0 Å². The number of rotatable bonds is 6. The van der Waals surface area contributed by atoms with Crippen molar-refractivity contribution >= 4 is 44.8 Å². The molecule has 0 fully saturated rings. The zero-order valence-corrected chi connectivity index (χ0v) is 17.5. The summed E-state index contributed by atoms with van der Waals surface area (Å²) in [7, 11) is 0. The molecule has 1 unspecified atom stereocenters. The maximum Gasteiger partial charge on any atom is 0.251 e. The number of amides is 1. The number of carbonyl (C=O) groups excluding carboxylic acids is 1. The van der Waals surface area contributed by atoms with E-state index in [0.29, 0.717) is 10.7 Å². The van der Waals surface area contributed by atoms with Crippen molar-refractivity contribution < 1.29 is 4.79 Å². The fourth-order valence-corrected chi connectivity index (χ4v) is 3.36. The number of carbonyl (C=O) groups is 1. The van der Waals surface area contributed by atoms with Crippen LogP contribution in [0.15, 0.2) is 76.1 Å². The predicted octanol–water partition coefficient (Wildman–Crippen LogP) is 5.08. The highest BCUT2D eigenvalue weighted by Gasteiger charge is 2.10. The van der Waals surface area contributed by atoms with Crippen molar-refractivity contribution in [3.05, 3.63) is 92.3 Å². The number of nitrogens with zero attached hydrogens (tertiary/aromatic N) is 1. The Morgan fingerprint density at radius 3 is 2.61 bits per heavy atom. The molecular formula is C21H19BrClN3O2. The normalized spacial score (nSPS) is 11.7. The molecule has 0 aliphatic carbocycles.